The molecular weight excluding hydrogens is 647 g/mol. The van der Waals surface area contributed by atoms with Crippen LogP contribution in [0.1, 0.15) is 206 Å². The van der Waals surface area contributed by atoms with Gasteiger partial charge < -0.3 is 18.7 Å². The first-order valence-electron chi connectivity index (χ1n) is 22.3. The van der Waals surface area contributed by atoms with E-state index in [1.54, 1.807) is 7.11 Å². The zero-order valence-electron chi connectivity index (χ0n) is 35.4. The Morgan fingerprint density at radius 1 is 0.519 bits per heavy atom. The zero-order valence-corrected chi connectivity index (χ0v) is 35.4. The maximum atomic E-state index is 12.8. The van der Waals surface area contributed by atoms with Crippen molar-refractivity contribution in [1.82, 2.24) is 0 Å². The summed E-state index contributed by atoms with van der Waals surface area (Å²) in [5.74, 6) is -0.372. The van der Waals surface area contributed by atoms with Crippen molar-refractivity contribution in [3.8, 4) is 0 Å². The van der Waals surface area contributed by atoms with Crippen LogP contribution in [0.2, 0.25) is 0 Å². The fraction of sp³-hybridized carbons (Fsp3) is 0.870. The molecular formula is C46H88NO5+. The second-order valence-corrected chi connectivity index (χ2v) is 16.0. The minimum Gasteiger partial charge on any atom is -0.461 e. The number of nitrogens with zero attached hydrogens (tertiary/aromatic N) is 1. The fourth-order valence-corrected chi connectivity index (χ4v) is 6.64. The SMILES string of the molecule is CCCCCCCC/C=C/CCCCCCCCC(=O)OCC(C[N+](C)(C)CCOC)OC(=O)CCCCCCCC/C=C/CCCCCCCC. The Labute approximate surface area is 323 Å². The van der Waals surface area contributed by atoms with Crippen LogP contribution >= 0.6 is 0 Å². The van der Waals surface area contributed by atoms with Gasteiger partial charge in [-0.2, -0.15) is 0 Å². The van der Waals surface area contributed by atoms with Crippen molar-refractivity contribution >= 4 is 11.9 Å². The van der Waals surface area contributed by atoms with Gasteiger partial charge in [-0.1, -0.05) is 154 Å². The number of rotatable bonds is 40. The van der Waals surface area contributed by atoms with Crippen molar-refractivity contribution in [2.45, 2.75) is 213 Å². The van der Waals surface area contributed by atoms with Crippen LogP contribution in [0.3, 0.4) is 0 Å². The molecule has 0 heterocycles. The highest BCUT2D eigenvalue weighted by Gasteiger charge is 2.26. The van der Waals surface area contributed by atoms with Crippen LogP contribution in [-0.4, -0.2) is 70.0 Å². The molecule has 0 amide bonds. The number of carbonyl (C=O) groups is 2. The van der Waals surface area contributed by atoms with E-state index in [9.17, 15) is 9.59 Å². The average Bonchev–Trinajstić information content (AvgIpc) is 3.12. The molecule has 52 heavy (non-hydrogen) atoms. The highest BCUT2D eigenvalue weighted by molar-refractivity contribution is 5.70. The molecule has 0 rings (SSSR count). The fourth-order valence-electron chi connectivity index (χ4n) is 6.64. The van der Waals surface area contributed by atoms with E-state index in [2.05, 4.69) is 52.2 Å². The largest absolute Gasteiger partial charge is 0.461 e. The summed E-state index contributed by atoms with van der Waals surface area (Å²) in [6, 6.07) is 0. The second-order valence-electron chi connectivity index (χ2n) is 16.0. The molecule has 0 aliphatic rings. The minimum atomic E-state index is -0.447. The Bertz CT molecular complexity index is 839. The first kappa shape index (κ1) is 50.3. The summed E-state index contributed by atoms with van der Waals surface area (Å²) in [6.07, 6.45) is 44.7. The van der Waals surface area contributed by atoms with Gasteiger partial charge in [0, 0.05) is 20.0 Å². The van der Waals surface area contributed by atoms with Crippen molar-refractivity contribution in [2.75, 3.05) is 47.5 Å². The van der Waals surface area contributed by atoms with Gasteiger partial charge in [0.15, 0.2) is 6.10 Å². The lowest BCUT2D eigenvalue weighted by atomic mass is 10.1. The first-order chi connectivity index (χ1) is 25.3. The quantitative estimate of drug-likeness (QED) is 0.0271. The molecule has 0 N–H and O–H groups in total. The third-order valence-corrected chi connectivity index (χ3v) is 10.1. The third-order valence-electron chi connectivity index (χ3n) is 10.1. The van der Waals surface area contributed by atoms with E-state index >= 15 is 0 Å². The molecule has 1 unspecified atom stereocenters. The monoisotopic (exact) mass is 735 g/mol. The summed E-state index contributed by atoms with van der Waals surface area (Å²) >= 11 is 0. The van der Waals surface area contributed by atoms with Gasteiger partial charge in [-0.25, -0.2) is 0 Å². The maximum Gasteiger partial charge on any atom is 0.306 e. The van der Waals surface area contributed by atoms with E-state index in [0.717, 1.165) is 45.1 Å². The molecule has 0 bridgehead atoms. The Hall–Kier alpha value is -1.66. The molecule has 306 valence electrons. The lowest BCUT2D eigenvalue weighted by Gasteiger charge is -2.32. The highest BCUT2D eigenvalue weighted by Crippen LogP contribution is 2.14. The summed E-state index contributed by atoms with van der Waals surface area (Å²) in [7, 11) is 5.89. The number of esters is 2. The smallest absolute Gasteiger partial charge is 0.306 e. The second kappa shape index (κ2) is 39.0. The number of carbonyl (C=O) groups excluding carboxylic acids is 2. The number of hydrogen-bond donors (Lipinski definition) is 0. The van der Waals surface area contributed by atoms with Crippen molar-refractivity contribution in [1.29, 1.82) is 0 Å². The molecule has 0 saturated carbocycles. The van der Waals surface area contributed by atoms with Crippen molar-refractivity contribution < 1.29 is 28.3 Å². The number of allylic oxidation sites excluding steroid dienone is 4. The van der Waals surface area contributed by atoms with Crippen LogP contribution < -0.4 is 0 Å². The molecule has 6 nitrogen and oxygen atoms in total. The summed E-state index contributed by atoms with van der Waals surface area (Å²) in [5.41, 5.74) is 0. The van der Waals surface area contributed by atoms with Gasteiger partial charge in [0.05, 0.1) is 20.7 Å². The molecule has 0 fully saturated rings. The summed E-state index contributed by atoms with van der Waals surface area (Å²) in [6.45, 7) is 6.67. The molecule has 6 heteroatoms. The number of ether oxygens (including phenoxy) is 3. The Morgan fingerprint density at radius 2 is 0.885 bits per heavy atom. The molecule has 0 aromatic heterocycles. The van der Waals surface area contributed by atoms with Crippen molar-refractivity contribution in [2.24, 2.45) is 0 Å². The zero-order chi connectivity index (χ0) is 38.2. The first-order valence-corrected chi connectivity index (χ1v) is 22.3. The van der Waals surface area contributed by atoms with Gasteiger partial charge in [0.2, 0.25) is 0 Å². The number of methoxy groups -OCH3 is 1. The van der Waals surface area contributed by atoms with Crippen LogP contribution in [0.5, 0.6) is 0 Å². The number of unbranched alkanes of at least 4 members (excludes halogenated alkanes) is 24. The number of likely N-dealkylation sites (N-methyl/N-ethyl adjacent to an activating group) is 1. The molecule has 0 spiro atoms. The van der Waals surface area contributed by atoms with Gasteiger partial charge in [-0.3, -0.25) is 9.59 Å². The van der Waals surface area contributed by atoms with Gasteiger partial charge in [-0.15, -0.1) is 0 Å². The van der Waals surface area contributed by atoms with Gasteiger partial charge >= 0.3 is 11.9 Å². The van der Waals surface area contributed by atoms with E-state index in [1.807, 2.05) is 0 Å². The van der Waals surface area contributed by atoms with E-state index in [4.69, 9.17) is 14.2 Å². The van der Waals surface area contributed by atoms with Crippen molar-refractivity contribution in [3.63, 3.8) is 0 Å². The van der Waals surface area contributed by atoms with Crippen LogP contribution in [0, 0.1) is 0 Å². The summed E-state index contributed by atoms with van der Waals surface area (Å²) in [4.78, 5) is 25.3. The van der Waals surface area contributed by atoms with Crippen LogP contribution in [0.4, 0.5) is 0 Å². The lowest BCUT2D eigenvalue weighted by molar-refractivity contribution is -0.893. The standard InChI is InChI=1S/C46H88NO5/c1-6-8-10-12-14-16-18-20-22-24-26-28-30-32-34-36-38-45(48)51-43-44(42-47(3,4)40-41-50-5)52-46(49)39-37-35-33-31-29-27-25-23-21-19-17-15-13-11-9-7-2/h20-23,44H,6-19,24-43H2,1-5H3/q+1/b22-20+,23-21+. The Morgan fingerprint density at radius 3 is 1.29 bits per heavy atom. The molecule has 0 aromatic carbocycles. The molecule has 0 aliphatic heterocycles. The lowest BCUT2D eigenvalue weighted by Crippen LogP contribution is -2.49. The van der Waals surface area contributed by atoms with Crippen LogP contribution in [-0.2, 0) is 23.8 Å². The van der Waals surface area contributed by atoms with Crippen molar-refractivity contribution in [3.05, 3.63) is 24.3 Å². The van der Waals surface area contributed by atoms with E-state index in [-0.39, 0.29) is 18.5 Å². The molecule has 1 atom stereocenters. The van der Waals surface area contributed by atoms with E-state index < -0.39 is 6.10 Å². The minimum absolute atomic E-state index is 0.124. The Kier molecular flexibility index (Phi) is 37.8. The van der Waals surface area contributed by atoms with E-state index in [1.165, 1.54) is 141 Å². The number of hydrogen-bond acceptors (Lipinski definition) is 5. The summed E-state index contributed by atoms with van der Waals surface area (Å²) < 4.78 is 17.5. The molecule has 0 aromatic rings. The topological polar surface area (TPSA) is 61.8 Å². The van der Waals surface area contributed by atoms with Gasteiger partial charge in [0.25, 0.3) is 0 Å². The molecule has 0 aliphatic carbocycles. The van der Waals surface area contributed by atoms with Crippen LogP contribution in [0.15, 0.2) is 24.3 Å². The predicted octanol–water partition coefficient (Wildman–Crippen LogP) is 13.0. The van der Waals surface area contributed by atoms with Crippen LogP contribution in [0.25, 0.3) is 0 Å². The summed E-state index contributed by atoms with van der Waals surface area (Å²) in [5, 5.41) is 0. The highest BCUT2D eigenvalue weighted by atomic mass is 16.6. The number of quaternary nitrogens is 1. The normalized spacial score (nSPS) is 12.6. The predicted molar refractivity (Wildman–Crippen MR) is 223 cm³/mol. The average molecular weight is 735 g/mol. The third kappa shape index (κ3) is 38.1. The molecule has 0 saturated heterocycles. The van der Waals surface area contributed by atoms with E-state index in [0.29, 0.717) is 30.5 Å². The maximum absolute atomic E-state index is 12.8. The Balaban J connectivity index is 4.11. The molecule has 0 radical (unpaired) electrons. The van der Waals surface area contributed by atoms with Gasteiger partial charge in [0.1, 0.15) is 19.7 Å². The van der Waals surface area contributed by atoms with Gasteiger partial charge in [-0.05, 0) is 64.2 Å².